The van der Waals surface area contributed by atoms with E-state index in [1.807, 2.05) is 43.3 Å². The molecule has 0 spiro atoms. The topological polar surface area (TPSA) is 47.6 Å². The lowest BCUT2D eigenvalue weighted by molar-refractivity contribution is -0.122. The predicted octanol–water partition coefficient (Wildman–Crippen LogP) is 4.25. The number of hydrogen-bond acceptors (Lipinski definition) is 3. The van der Waals surface area contributed by atoms with Crippen molar-refractivity contribution in [3.05, 3.63) is 53.0 Å². The van der Waals surface area contributed by atoms with E-state index in [0.29, 0.717) is 12.4 Å². The van der Waals surface area contributed by atoms with Gasteiger partial charge in [-0.2, -0.15) is 0 Å². The van der Waals surface area contributed by atoms with Gasteiger partial charge in [0.2, 0.25) is 0 Å². The van der Waals surface area contributed by atoms with Crippen LogP contribution in [-0.4, -0.2) is 18.6 Å². The third-order valence-corrected chi connectivity index (χ3v) is 3.64. The first-order chi connectivity index (χ1) is 10.6. The second-order valence-corrected chi connectivity index (χ2v) is 5.49. The van der Waals surface area contributed by atoms with Gasteiger partial charge >= 0.3 is 0 Å². The fourth-order valence-electron chi connectivity index (χ4n) is 1.84. The molecule has 0 bridgehead atoms. The zero-order valence-corrected chi connectivity index (χ0v) is 14.1. The number of rotatable bonds is 6. The zero-order valence-electron chi connectivity index (χ0n) is 12.5. The summed E-state index contributed by atoms with van der Waals surface area (Å²) in [4.78, 5) is 12.2. The molecule has 116 valence electrons. The lowest BCUT2D eigenvalue weighted by atomic mass is 10.3. The van der Waals surface area contributed by atoms with Crippen LogP contribution in [0.5, 0.6) is 11.5 Å². The Labute approximate surface area is 138 Å². The van der Waals surface area contributed by atoms with Crippen molar-refractivity contribution in [1.29, 1.82) is 0 Å². The minimum atomic E-state index is -0.606. The van der Waals surface area contributed by atoms with Crippen LogP contribution in [0.4, 0.5) is 5.69 Å². The molecule has 0 radical (unpaired) electrons. The number of nitrogens with one attached hydrogen (secondary N) is 1. The fraction of sp³-hybridized carbons (Fsp3) is 0.235. The number of hydrogen-bond donors (Lipinski definition) is 1. The van der Waals surface area contributed by atoms with E-state index in [4.69, 9.17) is 9.47 Å². The maximum atomic E-state index is 12.2. The van der Waals surface area contributed by atoms with Gasteiger partial charge in [0, 0.05) is 4.47 Å². The van der Waals surface area contributed by atoms with Crippen molar-refractivity contribution in [3.8, 4) is 11.5 Å². The summed E-state index contributed by atoms with van der Waals surface area (Å²) in [5, 5.41) is 2.83. The Morgan fingerprint density at radius 2 is 1.77 bits per heavy atom. The van der Waals surface area contributed by atoms with E-state index in [1.54, 1.807) is 19.1 Å². The highest BCUT2D eigenvalue weighted by atomic mass is 79.9. The van der Waals surface area contributed by atoms with Gasteiger partial charge < -0.3 is 14.8 Å². The normalized spacial score (nSPS) is 11.6. The average Bonchev–Trinajstić information content (AvgIpc) is 2.51. The molecule has 5 heteroatoms. The van der Waals surface area contributed by atoms with Gasteiger partial charge in [0.1, 0.15) is 11.5 Å². The number of benzene rings is 2. The smallest absolute Gasteiger partial charge is 0.265 e. The van der Waals surface area contributed by atoms with Crippen LogP contribution in [0.25, 0.3) is 0 Å². The van der Waals surface area contributed by atoms with Crippen LogP contribution in [0.3, 0.4) is 0 Å². The van der Waals surface area contributed by atoms with E-state index in [-0.39, 0.29) is 5.91 Å². The lowest BCUT2D eigenvalue weighted by Crippen LogP contribution is -2.30. The van der Waals surface area contributed by atoms with Crippen molar-refractivity contribution in [3.63, 3.8) is 0 Å². The number of ether oxygens (including phenoxy) is 2. The number of carbonyl (C=O) groups is 1. The number of para-hydroxylation sites is 1. The number of carbonyl (C=O) groups excluding carboxylic acids is 1. The summed E-state index contributed by atoms with van der Waals surface area (Å²) in [6.07, 6.45) is -0.606. The van der Waals surface area contributed by atoms with Gasteiger partial charge in [-0.15, -0.1) is 0 Å². The lowest BCUT2D eigenvalue weighted by Gasteiger charge is -2.15. The SMILES string of the molecule is CCOc1ccc(OC(C)C(=O)Nc2ccccc2Br)cc1. The van der Waals surface area contributed by atoms with E-state index >= 15 is 0 Å². The zero-order chi connectivity index (χ0) is 15.9. The third kappa shape index (κ3) is 4.49. The monoisotopic (exact) mass is 363 g/mol. The van der Waals surface area contributed by atoms with Crippen LogP contribution < -0.4 is 14.8 Å². The molecule has 0 aromatic heterocycles. The third-order valence-electron chi connectivity index (χ3n) is 2.95. The molecule has 0 fully saturated rings. The summed E-state index contributed by atoms with van der Waals surface area (Å²) in [6.45, 7) is 4.26. The van der Waals surface area contributed by atoms with Crippen LogP contribution in [-0.2, 0) is 4.79 Å². The van der Waals surface area contributed by atoms with Crippen LogP contribution in [0, 0.1) is 0 Å². The molecule has 2 aromatic carbocycles. The Kier molecular flexibility index (Phi) is 5.83. The van der Waals surface area contributed by atoms with E-state index in [0.717, 1.165) is 15.9 Å². The van der Waals surface area contributed by atoms with Crippen molar-refractivity contribution < 1.29 is 14.3 Å². The molecule has 22 heavy (non-hydrogen) atoms. The minimum Gasteiger partial charge on any atom is -0.494 e. The van der Waals surface area contributed by atoms with E-state index in [9.17, 15) is 4.79 Å². The molecular weight excluding hydrogens is 346 g/mol. The summed E-state index contributed by atoms with van der Waals surface area (Å²) in [5.41, 5.74) is 0.717. The van der Waals surface area contributed by atoms with Crippen molar-refractivity contribution in [2.45, 2.75) is 20.0 Å². The van der Waals surface area contributed by atoms with Gasteiger partial charge in [-0.1, -0.05) is 12.1 Å². The molecule has 0 aliphatic rings. The van der Waals surface area contributed by atoms with Crippen LogP contribution in [0.15, 0.2) is 53.0 Å². The Hall–Kier alpha value is -2.01. The molecule has 0 heterocycles. The highest BCUT2D eigenvalue weighted by Gasteiger charge is 2.15. The van der Waals surface area contributed by atoms with Gasteiger partial charge in [0.25, 0.3) is 5.91 Å². The molecule has 0 saturated carbocycles. The molecule has 0 aliphatic heterocycles. The highest BCUT2D eigenvalue weighted by Crippen LogP contribution is 2.22. The van der Waals surface area contributed by atoms with Gasteiger partial charge in [0.15, 0.2) is 6.10 Å². The quantitative estimate of drug-likeness (QED) is 0.834. The number of halogens is 1. The largest absolute Gasteiger partial charge is 0.494 e. The second-order valence-electron chi connectivity index (χ2n) is 4.63. The first-order valence-corrected chi connectivity index (χ1v) is 7.84. The van der Waals surface area contributed by atoms with E-state index in [2.05, 4.69) is 21.2 Å². The summed E-state index contributed by atoms with van der Waals surface area (Å²) < 4.78 is 11.8. The average molecular weight is 364 g/mol. The molecule has 1 N–H and O–H groups in total. The molecule has 1 unspecified atom stereocenters. The van der Waals surface area contributed by atoms with Crippen LogP contribution >= 0.6 is 15.9 Å². The Balaban J connectivity index is 1.95. The van der Waals surface area contributed by atoms with E-state index in [1.165, 1.54) is 0 Å². The Morgan fingerprint density at radius 1 is 1.14 bits per heavy atom. The number of anilines is 1. The maximum absolute atomic E-state index is 12.2. The summed E-state index contributed by atoms with van der Waals surface area (Å²) in [7, 11) is 0. The van der Waals surface area contributed by atoms with Crippen LogP contribution in [0.2, 0.25) is 0 Å². The van der Waals surface area contributed by atoms with Crippen molar-refractivity contribution in [1.82, 2.24) is 0 Å². The van der Waals surface area contributed by atoms with Crippen molar-refractivity contribution in [2.24, 2.45) is 0 Å². The molecule has 2 rings (SSSR count). The molecular formula is C17H18BrNO3. The van der Waals surface area contributed by atoms with Crippen LogP contribution in [0.1, 0.15) is 13.8 Å². The summed E-state index contributed by atoms with van der Waals surface area (Å²) >= 11 is 3.39. The van der Waals surface area contributed by atoms with Gasteiger partial charge in [0.05, 0.1) is 12.3 Å². The van der Waals surface area contributed by atoms with E-state index < -0.39 is 6.10 Å². The molecule has 4 nitrogen and oxygen atoms in total. The summed E-state index contributed by atoms with van der Waals surface area (Å²) in [5.74, 6) is 1.19. The second kappa shape index (κ2) is 7.84. The predicted molar refractivity (Wildman–Crippen MR) is 90.5 cm³/mol. The first-order valence-electron chi connectivity index (χ1n) is 7.05. The van der Waals surface area contributed by atoms with Gasteiger partial charge in [-0.25, -0.2) is 0 Å². The maximum Gasteiger partial charge on any atom is 0.265 e. The standard InChI is InChI=1S/C17H18BrNO3/c1-3-21-13-8-10-14(11-9-13)22-12(2)17(20)19-16-7-5-4-6-15(16)18/h4-12H,3H2,1-2H3,(H,19,20). The molecule has 1 amide bonds. The minimum absolute atomic E-state index is 0.208. The van der Waals surface area contributed by atoms with Crippen molar-refractivity contribution >= 4 is 27.5 Å². The molecule has 1 atom stereocenters. The molecule has 0 saturated heterocycles. The highest BCUT2D eigenvalue weighted by molar-refractivity contribution is 9.10. The fourth-order valence-corrected chi connectivity index (χ4v) is 2.22. The molecule has 2 aromatic rings. The van der Waals surface area contributed by atoms with Gasteiger partial charge in [-0.05, 0) is 66.2 Å². The van der Waals surface area contributed by atoms with Gasteiger partial charge in [-0.3, -0.25) is 4.79 Å². The molecule has 0 aliphatic carbocycles. The van der Waals surface area contributed by atoms with Crippen molar-refractivity contribution in [2.75, 3.05) is 11.9 Å². The Bertz CT molecular complexity index is 628. The first kappa shape index (κ1) is 16.4. The Morgan fingerprint density at radius 3 is 2.41 bits per heavy atom. The summed E-state index contributed by atoms with van der Waals surface area (Å²) in [6, 6.07) is 14.6. The number of amides is 1.